The maximum absolute atomic E-state index is 4.43. The van der Waals surface area contributed by atoms with Crippen LogP contribution in [0.1, 0.15) is 65.7 Å². The predicted octanol–water partition coefficient (Wildman–Crippen LogP) is 3.24. The quantitative estimate of drug-likeness (QED) is 0.479. The van der Waals surface area contributed by atoms with Gasteiger partial charge in [0.2, 0.25) is 0 Å². The van der Waals surface area contributed by atoms with Crippen molar-refractivity contribution in [3.63, 3.8) is 0 Å². The molecule has 0 bridgehead atoms. The van der Waals surface area contributed by atoms with Gasteiger partial charge in [-0.3, -0.25) is 4.99 Å². The minimum absolute atomic E-state index is 0.482. The van der Waals surface area contributed by atoms with Crippen molar-refractivity contribution in [3.8, 4) is 0 Å². The van der Waals surface area contributed by atoms with Gasteiger partial charge in [0, 0.05) is 19.6 Å². The normalized spacial score (nSPS) is 21.9. The molecule has 1 atom stereocenters. The molecule has 4 heteroatoms. The summed E-state index contributed by atoms with van der Waals surface area (Å²) < 4.78 is 0. The van der Waals surface area contributed by atoms with Gasteiger partial charge in [-0.25, -0.2) is 0 Å². The van der Waals surface area contributed by atoms with E-state index in [-0.39, 0.29) is 0 Å². The average Bonchev–Trinajstić information content (AvgIpc) is 3.34. The molecule has 2 aliphatic carbocycles. The molecule has 0 amide bonds. The first-order valence-electron chi connectivity index (χ1n) is 9.83. The van der Waals surface area contributed by atoms with Gasteiger partial charge in [0.15, 0.2) is 5.96 Å². The molecular weight excluding hydrogens is 284 g/mol. The van der Waals surface area contributed by atoms with Crippen LogP contribution in [0.15, 0.2) is 4.99 Å². The minimum Gasteiger partial charge on any atom is -0.356 e. The van der Waals surface area contributed by atoms with E-state index in [0.717, 1.165) is 31.5 Å². The van der Waals surface area contributed by atoms with Gasteiger partial charge in [0.1, 0.15) is 0 Å². The number of aliphatic imine (C=N–C) groups is 1. The first-order chi connectivity index (χ1) is 11.1. The summed E-state index contributed by atoms with van der Waals surface area (Å²) in [6.07, 6.45) is 9.61. The molecule has 0 aliphatic heterocycles. The van der Waals surface area contributed by atoms with E-state index < -0.39 is 0 Å². The van der Waals surface area contributed by atoms with Crippen LogP contribution in [0.4, 0.5) is 0 Å². The van der Waals surface area contributed by atoms with Crippen LogP contribution in [-0.2, 0) is 0 Å². The van der Waals surface area contributed by atoms with Gasteiger partial charge < -0.3 is 15.5 Å². The molecule has 0 aromatic rings. The van der Waals surface area contributed by atoms with E-state index in [1.165, 1.54) is 51.5 Å². The molecule has 0 aromatic heterocycles. The fourth-order valence-corrected chi connectivity index (χ4v) is 3.98. The molecule has 1 unspecified atom stereocenters. The van der Waals surface area contributed by atoms with Crippen molar-refractivity contribution in [2.24, 2.45) is 16.3 Å². The van der Waals surface area contributed by atoms with Gasteiger partial charge in [0.25, 0.3) is 0 Å². The van der Waals surface area contributed by atoms with Gasteiger partial charge in [-0.2, -0.15) is 0 Å². The van der Waals surface area contributed by atoms with E-state index >= 15 is 0 Å². The third kappa shape index (κ3) is 5.37. The molecule has 0 aromatic carbocycles. The van der Waals surface area contributed by atoms with Gasteiger partial charge in [-0.1, -0.05) is 20.3 Å². The van der Waals surface area contributed by atoms with Crippen molar-refractivity contribution in [2.75, 3.05) is 33.2 Å². The summed E-state index contributed by atoms with van der Waals surface area (Å²) >= 11 is 0. The Kier molecular flexibility index (Phi) is 7.19. The van der Waals surface area contributed by atoms with E-state index in [9.17, 15) is 0 Å². The highest BCUT2D eigenvalue weighted by atomic mass is 15.2. The van der Waals surface area contributed by atoms with E-state index in [1.54, 1.807) is 0 Å². The Balaban J connectivity index is 1.65. The second kappa shape index (κ2) is 8.91. The molecule has 0 radical (unpaired) electrons. The Labute approximate surface area is 143 Å². The van der Waals surface area contributed by atoms with E-state index in [4.69, 9.17) is 0 Å². The fraction of sp³-hybridized carbons (Fsp3) is 0.947. The number of guanidine groups is 1. The number of hydrogen-bond acceptors (Lipinski definition) is 2. The molecule has 2 rings (SSSR count). The third-order valence-electron chi connectivity index (χ3n) is 6.01. The van der Waals surface area contributed by atoms with Gasteiger partial charge in [-0.15, -0.1) is 0 Å². The van der Waals surface area contributed by atoms with Crippen LogP contribution in [0.5, 0.6) is 0 Å². The second-order valence-corrected chi connectivity index (χ2v) is 7.63. The van der Waals surface area contributed by atoms with E-state index in [2.05, 4.69) is 41.3 Å². The number of rotatable bonds is 10. The molecular formula is C19H38N4. The Morgan fingerprint density at radius 2 is 1.96 bits per heavy atom. The summed E-state index contributed by atoms with van der Waals surface area (Å²) in [4.78, 5) is 6.92. The standard InChI is InChI=1S/C19H38N4/c1-5-23(6-2)14-7-9-16(3)22-18(20-4)21-15-19(12-8-13-19)17-10-11-17/h16-17H,5-15H2,1-4H3,(H2,20,21,22). The lowest BCUT2D eigenvalue weighted by Crippen LogP contribution is -2.49. The van der Waals surface area contributed by atoms with Crippen molar-refractivity contribution < 1.29 is 0 Å². The molecule has 4 nitrogen and oxygen atoms in total. The Morgan fingerprint density at radius 1 is 1.26 bits per heavy atom. The highest BCUT2D eigenvalue weighted by molar-refractivity contribution is 5.79. The topological polar surface area (TPSA) is 39.7 Å². The summed E-state index contributed by atoms with van der Waals surface area (Å²) in [5, 5.41) is 7.19. The van der Waals surface area contributed by atoms with Crippen molar-refractivity contribution in [1.29, 1.82) is 0 Å². The van der Waals surface area contributed by atoms with Crippen LogP contribution >= 0.6 is 0 Å². The van der Waals surface area contributed by atoms with Crippen molar-refractivity contribution in [1.82, 2.24) is 15.5 Å². The number of hydrogen-bond donors (Lipinski definition) is 2. The molecule has 0 spiro atoms. The van der Waals surface area contributed by atoms with Gasteiger partial charge in [-0.05, 0) is 76.4 Å². The molecule has 2 aliphatic rings. The van der Waals surface area contributed by atoms with Crippen molar-refractivity contribution in [2.45, 2.75) is 71.8 Å². The second-order valence-electron chi connectivity index (χ2n) is 7.63. The molecule has 2 fully saturated rings. The van der Waals surface area contributed by atoms with E-state index in [1.807, 2.05) is 7.05 Å². The van der Waals surface area contributed by atoms with Crippen LogP contribution in [0.25, 0.3) is 0 Å². The largest absolute Gasteiger partial charge is 0.356 e. The third-order valence-corrected chi connectivity index (χ3v) is 6.01. The molecule has 2 N–H and O–H groups in total. The predicted molar refractivity (Wildman–Crippen MR) is 100.0 cm³/mol. The smallest absolute Gasteiger partial charge is 0.191 e. The maximum atomic E-state index is 4.43. The zero-order valence-corrected chi connectivity index (χ0v) is 15.8. The number of nitrogens with one attached hydrogen (secondary N) is 2. The monoisotopic (exact) mass is 322 g/mol. The van der Waals surface area contributed by atoms with E-state index in [0.29, 0.717) is 11.5 Å². The summed E-state index contributed by atoms with van der Waals surface area (Å²) in [6, 6.07) is 0.482. The zero-order valence-electron chi connectivity index (χ0n) is 15.8. The Morgan fingerprint density at radius 3 is 2.43 bits per heavy atom. The summed E-state index contributed by atoms with van der Waals surface area (Å²) in [5.41, 5.74) is 0.601. The lowest BCUT2D eigenvalue weighted by Gasteiger charge is -2.43. The average molecular weight is 323 g/mol. The lowest BCUT2D eigenvalue weighted by molar-refractivity contribution is 0.105. The summed E-state index contributed by atoms with van der Waals surface area (Å²) in [6.45, 7) is 11.4. The van der Waals surface area contributed by atoms with Gasteiger partial charge >= 0.3 is 0 Å². The first kappa shape index (κ1) is 18.6. The maximum Gasteiger partial charge on any atom is 0.191 e. The first-order valence-corrected chi connectivity index (χ1v) is 9.83. The SMILES string of the molecule is CCN(CC)CCCC(C)NC(=NC)NCC1(C2CC2)CCC1. The van der Waals surface area contributed by atoms with Crippen LogP contribution in [-0.4, -0.2) is 50.1 Å². The highest BCUT2D eigenvalue weighted by Gasteiger charge is 2.48. The Bertz CT molecular complexity index is 368. The van der Waals surface area contributed by atoms with Crippen molar-refractivity contribution >= 4 is 5.96 Å². The lowest BCUT2D eigenvalue weighted by atomic mass is 9.65. The zero-order chi connectivity index (χ0) is 16.7. The summed E-state index contributed by atoms with van der Waals surface area (Å²) in [5.74, 6) is 1.99. The van der Waals surface area contributed by atoms with Crippen LogP contribution in [0, 0.1) is 11.3 Å². The minimum atomic E-state index is 0.482. The summed E-state index contributed by atoms with van der Waals surface area (Å²) in [7, 11) is 1.89. The molecule has 2 saturated carbocycles. The number of nitrogens with zero attached hydrogens (tertiary/aromatic N) is 2. The van der Waals surface area contributed by atoms with Crippen LogP contribution < -0.4 is 10.6 Å². The van der Waals surface area contributed by atoms with Crippen LogP contribution in [0.3, 0.4) is 0 Å². The Hall–Kier alpha value is -0.770. The fourth-order valence-electron chi connectivity index (χ4n) is 3.98. The van der Waals surface area contributed by atoms with Gasteiger partial charge in [0.05, 0.1) is 0 Å². The van der Waals surface area contributed by atoms with Crippen LogP contribution in [0.2, 0.25) is 0 Å². The molecule has 0 heterocycles. The molecule has 0 saturated heterocycles. The van der Waals surface area contributed by atoms with Crippen molar-refractivity contribution in [3.05, 3.63) is 0 Å². The molecule has 134 valence electrons. The highest BCUT2D eigenvalue weighted by Crippen LogP contribution is 2.56. The molecule has 23 heavy (non-hydrogen) atoms.